The van der Waals surface area contributed by atoms with Gasteiger partial charge in [-0.2, -0.15) is 0 Å². The van der Waals surface area contributed by atoms with Gasteiger partial charge >= 0.3 is 0 Å². The fraction of sp³-hybridized carbons (Fsp3) is 0.583. The van der Waals surface area contributed by atoms with Crippen LogP contribution in [0.5, 0.6) is 5.75 Å². The molecule has 0 saturated carbocycles. The zero-order valence-electron chi connectivity index (χ0n) is 9.61. The first kappa shape index (κ1) is 11.4. The van der Waals surface area contributed by atoms with Gasteiger partial charge in [-0.05, 0) is 19.0 Å². The Kier molecular flexibility index (Phi) is 4.13. The summed E-state index contributed by atoms with van der Waals surface area (Å²) in [4.78, 5) is 4.29. The average molecular weight is 222 g/mol. The van der Waals surface area contributed by atoms with Gasteiger partial charge in [-0.1, -0.05) is 6.92 Å². The molecule has 2 rings (SSSR count). The van der Waals surface area contributed by atoms with E-state index in [-0.39, 0.29) is 6.10 Å². The van der Waals surface area contributed by atoms with Crippen molar-refractivity contribution < 1.29 is 9.47 Å². The predicted molar refractivity (Wildman–Crippen MR) is 61.5 cm³/mol. The molecule has 0 spiro atoms. The van der Waals surface area contributed by atoms with Crippen LogP contribution in [0, 0.1) is 0 Å². The van der Waals surface area contributed by atoms with Crippen molar-refractivity contribution in [2.75, 3.05) is 19.8 Å². The molecule has 16 heavy (non-hydrogen) atoms. The van der Waals surface area contributed by atoms with Crippen LogP contribution in [-0.2, 0) is 11.3 Å². The number of pyridine rings is 1. The minimum Gasteiger partial charge on any atom is -0.485 e. The summed E-state index contributed by atoms with van der Waals surface area (Å²) in [5.41, 5.74) is 1.02. The highest BCUT2D eigenvalue weighted by atomic mass is 16.6. The van der Waals surface area contributed by atoms with E-state index in [1.54, 1.807) is 6.20 Å². The summed E-state index contributed by atoms with van der Waals surface area (Å²) >= 11 is 0. The van der Waals surface area contributed by atoms with Crippen LogP contribution in [0.3, 0.4) is 0 Å². The third-order valence-corrected chi connectivity index (χ3v) is 2.43. The Bertz CT molecular complexity index is 327. The molecule has 2 heterocycles. The van der Waals surface area contributed by atoms with Crippen LogP contribution < -0.4 is 10.1 Å². The van der Waals surface area contributed by atoms with Crippen molar-refractivity contribution in [2.45, 2.75) is 26.0 Å². The van der Waals surface area contributed by atoms with Crippen LogP contribution in [0.4, 0.5) is 0 Å². The molecule has 0 unspecified atom stereocenters. The van der Waals surface area contributed by atoms with Crippen LogP contribution in [0.15, 0.2) is 18.3 Å². The topological polar surface area (TPSA) is 43.4 Å². The van der Waals surface area contributed by atoms with Crippen molar-refractivity contribution in [2.24, 2.45) is 0 Å². The van der Waals surface area contributed by atoms with Crippen molar-refractivity contribution in [1.29, 1.82) is 0 Å². The molecule has 1 aromatic rings. The number of hydrogen-bond acceptors (Lipinski definition) is 4. The SMILES string of the molecule is CCCNCc1cc(OC2COC2)ccn1. The quantitative estimate of drug-likeness (QED) is 0.738. The molecule has 1 aliphatic rings. The van der Waals surface area contributed by atoms with Gasteiger partial charge in [-0.25, -0.2) is 0 Å². The summed E-state index contributed by atoms with van der Waals surface area (Å²) < 4.78 is 10.8. The van der Waals surface area contributed by atoms with Gasteiger partial charge < -0.3 is 14.8 Å². The lowest BCUT2D eigenvalue weighted by Gasteiger charge is -2.26. The number of ether oxygens (including phenoxy) is 2. The van der Waals surface area contributed by atoms with Crippen molar-refractivity contribution in [1.82, 2.24) is 10.3 Å². The van der Waals surface area contributed by atoms with Crippen LogP contribution in [0.25, 0.3) is 0 Å². The number of rotatable bonds is 6. The number of hydrogen-bond donors (Lipinski definition) is 1. The third-order valence-electron chi connectivity index (χ3n) is 2.43. The lowest BCUT2D eigenvalue weighted by Crippen LogP contribution is -2.38. The number of nitrogens with zero attached hydrogens (tertiary/aromatic N) is 1. The Balaban J connectivity index is 1.85. The van der Waals surface area contributed by atoms with Gasteiger partial charge in [0.2, 0.25) is 0 Å². The van der Waals surface area contributed by atoms with E-state index in [9.17, 15) is 0 Å². The zero-order chi connectivity index (χ0) is 11.2. The molecule has 4 nitrogen and oxygen atoms in total. The molecule has 1 saturated heterocycles. The summed E-state index contributed by atoms with van der Waals surface area (Å²) in [6.07, 6.45) is 3.15. The molecule has 1 aliphatic heterocycles. The van der Waals surface area contributed by atoms with Crippen LogP contribution >= 0.6 is 0 Å². The van der Waals surface area contributed by atoms with E-state index >= 15 is 0 Å². The molecule has 4 heteroatoms. The maximum absolute atomic E-state index is 5.70. The van der Waals surface area contributed by atoms with Crippen molar-refractivity contribution in [3.8, 4) is 5.75 Å². The maximum atomic E-state index is 5.70. The standard InChI is InChI=1S/C12H18N2O2/c1-2-4-13-7-10-6-11(3-5-14-10)16-12-8-15-9-12/h3,5-6,12-13H,2,4,7-9H2,1H3. The Morgan fingerprint density at radius 1 is 1.56 bits per heavy atom. The molecular weight excluding hydrogens is 204 g/mol. The highest BCUT2D eigenvalue weighted by molar-refractivity contribution is 5.23. The molecule has 1 N–H and O–H groups in total. The molecular formula is C12H18N2O2. The molecule has 0 bridgehead atoms. The third kappa shape index (κ3) is 3.18. The molecule has 0 radical (unpaired) electrons. The van der Waals surface area contributed by atoms with Gasteiger partial charge in [-0.15, -0.1) is 0 Å². The minimum atomic E-state index is 0.221. The first-order valence-corrected chi connectivity index (χ1v) is 5.78. The lowest BCUT2D eigenvalue weighted by molar-refractivity contribution is -0.0797. The second-order valence-corrected chi connectivity index (χ2v) is 3.94. The highest BCUT2D eigenvalue weighted by Crippen LogP contribution is 2.16. The average Bonchev–Trinajstić information content (AvgIpc) is 2.25. The molecule has 1 fully saturated rings. The molecule has 0 atom stereocenters. The Morgan fingerprint density at radius 3 is 3.12 bits per heavy atom. The summed E-state index contributed by atoms with van der Waals surface area (Å²) in [5.74, 6) is 0.886. The first-order chi connectivity index (χ1) is 7.88. The monoisotopic (exact) mass is 222 g/mol. The molecule has 1 aromatic heterocycles. The minimum absolute atomic E-state index is 0.221. The first-order valence-electron chi connectivity index (χ1n) is 5.78. The lowest BCUT2D eigenvalue weighted by atomic mass is 10.3. The highest BCUT2D eigenvalue weighted by Gasteiger charge is 2.19. The normalized spacial score (nSPS) is 15.8. The van der Waals surface area contributed by atoms with E-state index in [0.717, 1.165) is 31.0 Å². The van der Waals surface area contributed by atoms with Gasteiger partial charge in [0.1, 0.15) is 11.9 Å². The van der Waals surface area contributed by atoms with E-state index in [1.807, 2.05) is 12.1 Å². The van der Waals surface area contributed by atoms with E-state index in [2.05, 4.69) is 17.2 Å². The van der Waals surface area contributed by atoms with Gasteiger partial charge in [0, 0.05) is 18.8 Å². The van der Waals surface area contributed by atoms with Gasteiger partial charge in [0.05, 0.1) is 18.9 Å². The molecule has 0 amide bonds. The van der Waals surface area contributed by atoms with Crippen LogP contribution in [0.2, 0.25) is 0 Å². The molecule has 88 valence electrons. The molecule has 0 aromatic carbocycles. The second-order valence-electron chi connectivity index (χ2n) is 3.94. The van der Waals surface area contributed by atoms with Gasteiger partial charge in [0.15, 0.2) is 0 Å². The fourth-order valence-corrected chi connectivity index (χ4v) is 1.49. The predicted octanol–water partition coefficient (Wildman–Crippen LogP) is 1.36. The van der Waals surface area contributed by atoms with Crippen molar-refractivity contribution in [3.63, 3.8) is 0 Å². The Labute approximate surface area is 96.0 Å². The summed E-state index contributed by atoms with van der Waals surface area (Å²) in [5, 5.41) is 3.32. The van der Waals surface area contributed by atoms with E-state index in [0.29, 0.717) is 13.2 Å². The second kappa shape index (κ2) is 5.82. The Hall–Kier alpha value is -1.13. The van der Waals surface area contributed by atoms with E-state index in [1.165, 1.54) is 0 Å². The van der Waals surface area contributed by atoms with Crippen LogP contribution in [-0.4, -0.2) is 30.8 Å². The van der Waals surface area contributed by atoms with E-state index < -0.39 is 0 Å². The maximum Gasteiger partial charge on any atom is 0.145 e. The summed E-state index contributed by atoms with van der Waals surface area (Å²) in [6, 6.07) is 3.88. The van der Waals surface area contributed by atoms with E-state index in [4.69, 9.17) is 9.47 Å². The Morgan fingerprint density at radius 2 is 2.44 bits per heavy atom. The smallest absolute Gasteiger partial charge is 0.145 e. The van der Waals surface area contributed by atoms with Crippen molar-refractivity contribution in [3.05, 3.63) is 24.0 Å². The van der Waals surface area contributed by atoms with Gasteiger partial charge in [0.25, 0.3) is 0 Å². The number of aromatic nitrogens is 1. The summed E-state index contributed by atoms with van der Waals surface area (Å²) in [6.45, 7) is 5.36. The largest absolute Gasteiger partial charge is 0.485 e. The summed E-state index contributed by atoms with van der Waals surface area (Å²) in [7, 11) is 0. The van der Waals surface area contributed by atoms with Crippen LogP contribution in [0.1, 0.15) is 19.0 Å². The van der Waals surface area contributed by atoms with Crippen molar-refractivity contribution >= 4 is 0 Å². The zero-order valence-corrected chi connectivity index (χ0v) is 9.61. The fourth-order valence-electron chi connectivity index (χ4n) is 1.49. The number of nitrogens with one attached hydrogen (secondary N) is 1. The van der Waals surface area contributed by atoms with Gasteiger partial charge in [-0.3, -0.25) is 4.98 Å². The molecule has 0 aliphatic carbocycles.